The molecule has 0 saturated heterocycles. The van der Waals surface area contributed by atoms with Gasteiger partial charge in [0.05, 0.1) is 18.8 Å². The molecule has 0 fully saturated rings. The molecule has 0 radical (unpaired) electrons. The van der Waals surface area contributed by atoms with Crippen molar-refractivity contribution in [2.24, 2.45) is 5.92 Å². The minimum absolute atomic E-state index is 0.117. The van der Waals surface area contributed by atoms with Crippen LogP contribution in [0.4, 0.5) is 14.9 Å². The molecule has 0 aliphatic rings. The number of carbonyl (C=O) groups is 2. The minimum atomic E-state index is -0.369. The average Bonchev–Trinajstić information content (AvgIpc) is 2.68. The molecule has 0 saturated carbocycles. The second kappa shape index (κ2) is 13.8. The van der Waals surface area contributed by atoms with Crippen molar-refractivity contribution in [3.8, 4) is 5.75 Å². The summed E-state index contributed by atoms with van der Waals surface area (Å²) in [5.74, 6) is 0.207. The molecule has 3 N–H and O–H groups in total. The van der Waals surface area contributed by atoms with Crippen LogP contribution in [0, 0.1) is 11.7 Å². The van der Waals surface area contributed by atoms with E-state index in [4.69, 9.17) is 4.74 Å². The maximum atomic E-state index is 13.7. The van der Waals surface area contributed by atoms with E-state index in [0.29, 0.717) is 19.1 Å². The van der Waals surface area contributed by atoms with Crippen LogP contribution < -0.4 is 20.9 Å². The molecule has 0 heterocycles. The van der Waals surface area contributed by atoms with E-state index in [1.807, 2.05) is 13.8 Å². The Morgan fingerprint density at radius 2 is 2.00 bits per heavy atom. The molecule has 0 unspecified atom stereocenters. The molecule has 0 aromatic heterocycles. The van der Waals surface area contributed by atoms with E-state index in [0.717, 1.165) is 44.2 Å². The smallest absolute Gasteiger partial charge is 0.317 e. The van der Waals surface area contributed by atoms with Gasteiger partial charge in [-0.25, -0.2) is 14.6 Å². The fraction of sp³-hybridized carbons (Fsp3) is 0.600. The van der Waals surface area contributed by atoms with E-state index in [-0.39, 0.29) is 24.1 Å². The lowest BCUT2D eigenvalue weighted by Gasteiger charge is -2.19. The molecule has 1 aromatic rings. The third kappa shape index (κ3) is 9.55. The lowest BCUT2D eigenvalue weighted by atomic mass is 10.2. The van der Waals surface area contributed by atoms with Crippen LogP contribution in [0.3, 0.4) is 0 Å². The van der Waals surface area contributed by atoms with Crippen molar-refractivity contribution in [2.45, 2.75) is 39.5 Å². The fourth-order valence-electron chi connectivity index (χ4n) is 2.51. The average molecular weight is 397 g/mol. The maximum absolute atomic E-state index is 13.7. The van der Waals surface area contributed by atoms with E-state index < -0.39 is 0 Å². The van der Waals surface area contributed by atoms with E-state index in [1.165, 1.54) is 11.0 Å². The number of hydrogen-bond donors (Lipinski definition) is 3. The number of halogens is 1. The first kappa shape index (κ1) is 23.7. The third-order valence-electron chi connectivity index (χ3n) is 4.01. The molecular formula is C20H33FN4O3. The SMILES string of the molecule is CNC(=O)N(CC=O)CCCCCCNNc1ccc(F)c(OCC(C)C)c1. The quantitative estimate of drug-likeness (QED) is 0.256. The molecule has 158 valence electrons. The molecule has 0 spiro atoms. The number of anilines is 1. The number of nitrogens with one attached hydrogen (secondary N) is 3. The minimum Gasteiger partial charge on any atom is -0.490 e. The molecule has 7 nitrogen and oxygen atoms in total. The number of carbonyl (C=O) groups excluding carboxylic acids is 2. The van der Waals surface area contributed by atoms with Gasteiger partial charge in [0.15, 0.2) is 11.6 Å². The Labute approximate surface area is 167 Å². The highest BCUT2D eigenvalue weighted by Gasteiger charge is 2.10. The van der Waals surface area contributed by atoms with Gasteiger partial charge in [-0.2, -0.15) is 0 Å². The Balaban J connectivity index is 2.19. The second-order valence-corrected chi connectivity index (χ2v) is 6.98. The van der Waals surface area contributed by atoms with Crippen molar-refractivity contribution < 1.29 is 18.7 Å². The summed E-state index contributed by atoms with van der Waals surface area (Å²) in [6.07, 6.45) is 4.52. The van der Waals surface area contributed by atoms with Crippen LogP contribution in [-0.2, 0) is 4.79 Å². The Morgan fingerprint density at radius 3 is 2.68 bits per heavy atom. The van der Waals surface area contributed by atoms with Gasteiger partial charge in [-0.3, -0.25) is 0 Å². The van der Waals surface area contributed by atoms with Crippen LogP contribution in [0.1, 0.15) is 39.5 Å². The third-order valence-corrected chi connectivity index (χ3v) is 4.01. The van der Waals surface area contributed by atoms with Crippen molar-refractivity contribution in [3.05, 3.63) is 24.0 Å². The zero-order valence-electron chi connectivity index (χ0n) is 17.1. The maximum Gasteiger partial charge on any atom is 0.317 e. The summed E-state index contributed by atoms with van der Waals surface area (Å²) in [7, 11) is 1.55. The van der Waals surface area contributed by atoms with Gasteiger partial charge in [-0.1, -0.05) is 26.7 Å². The highest BCUT2D eigenvalue weighted by atomic mass is 19.1. The molecule has 8 heteroatoms. The number of hydrogen-bond acceptors (Lipinski definition) is 5. The summed E-state index contributed by atoms with van der Waals surface area (Å²) in [6.45, 7) is 5.94. The zero-order valence-corrected chi connectivity index (χ0v) is 17.1. The van der Waals surface area contributed by atoms with Crippen molar-refractivity contribution in [3.63, 3.8) is 0 Å². The van der Waals surface area contributed by atoms with Gasteiger partial charge in [0, 0.05) is 26.2 Å². The van der Waals surface area contributed by atoms with Crippen LogP contribution in [-0.4, -0.2) is 50.5 Å². The fourth-order valence-corrected chi connectivity index (χ4v) is 2.51. The van der Waals surface area contributed by atoms with E-state index in [2.05, 4.69) is 16.2 Å². The molecule has 1 rings (SSSR count). The number of unbranched alkanes of at least 4 members (excludes halogenated alkanes) is 3. The van der Waals surface area contributed by atoms with Crippen molar-refractivity contribution in [1.29, 1.82) is 0 Å². The number of amides is 2. The highest BCUT2D eigenvalue weighted by Crippen LogP contribution is 2.22. The van der Waals surface area contributed by atoms with Gasteiger partial charge < -0.3 is 25.2 Å². The van der Waals surface area contributed by atoms with E-state index >= 15 is 0 Å². The van der Waals surface area contributed by atoms with Gasteiger partial charge in [0.25, 0.3) is 0 Å². The normalized spacial score (nSPS) is 10.6. The summed E-state index contributed by atoms with van der Waals surface area (Å²) >= 11 is 0. The van der Waals surface area contributed by atoms with Gasteiger partial charge in [-0.05, 0) is 30.9 Å². The molecule has 0 aliphatic heterocycles. The highest BCUT2D eigenvalue weighted by molar-refractivity contribution is 5.76. The molecule has 0 atom stereocenters. The predicted octanol–water partition coefficient (Wildman–Crippen LogP) is 3.18. The van der Waals surface area contributed by atoms with Crippen molar-refractivity contribution >= 4 is 18.0 Å². The Kier molecular flexibility index (Phi) is 11.6. The Hall–Kier alpha value is -2.35. The van der Waals surface area contributed by atoms with Crippen molar-refractivity contribution in [2.75, 3.05) is 38.7 Å². The summed E-state index contributed by atoms with van der Waals surface area (Å²) < 4.78 is 19.2. The Morgan fingerprint density at radius 1 is 1.25 bits per heavy atom. The van der Waals surface area contributed by atoms with Crippen LogP contribution in [0.25, 0.3) is 0 Å². The molecule has 0 aliphatic carbocycles. The number of aldehydes is 1. The summed E-state index contributed by atoms with van der Waals surface area (Å²) in [6, 6.07) is 4.46. The van der Waals surface area contributed by atoms with Crippen LogP contribution >= 0.6 is 0 Å². The predicted molar refractivity (Wildman–Crippen MR) is 109 cm³/mol. The van der Waals surface area contributed by atoms with Crippen LogP contribution in [0.5, 0.6) is 5.75 Å². The molecule has 1 aromatic carbocycles. The largest absolute Gasteiger partial charge is 0.490 e. The van der Waals surface area contributed by atoms with Crippen LogP contribution in [0.15, 0.2) is 18.2 Å². The zero-order chi connectivity index (χ0) is 20.8. The van der Waals surface area contributed by atoms with Crippen molar-refractivity contribution in [1.82, 2.24) is 15.6 Å². The summed E-state index contributed by atoms with van der Waals surface area (Å²) in [4.78, 5) is 23.7. The van der Waals surface area contributed by atoms with E-state index in [9.17, 15) is 14.0 Å². The van der Waals surface area contributed by atoms with Gasteiger partial charge in [0.2, 0.25) is 0 Å². The molecule has 28 heavy (non-hydrogen) atoms. The lowest BCUT2D eigenvalue weighted by molar-refractivity contribution is -0.108. The number of rotatable bonds is 14. The molecular weight excluding hydrogens is 363 g/mol. The van der Waals surface area contributed by atoms with Crippen LogP contribution in [0.2, 0.25) is 0 Å². The number of benzene rings is 1. The number of nitrogens with zero attached hydrogens (tertiary/aromatic N) is 1. The molecule has 2 amide bonds. The summed E-state index contributed by atoms with van der Waals surface area (Å²) in [5.41, 5.74) is 6.91. The summed E-state index contributed by atoms with van der Waals surface area (Å²) in [5, 5.41) is 2.53. The van der Waals surface area contributed by atoms with E-state index in [1.54, 1.807) is 19.2 Å². The number of ether oxygens (including phenoxy) is 1. The second-order valence-electron chi connectivity index (χ2n) is 6.98. The standard InChI is InChI=1S/C20H33FN4O3/c1-16(2)15-28-19-14-17(8-9-18(19)21)24-23-10-6-4-5-7-11-25(12-13-26)20(27)22-3/h8-9,13-14,16,23-24H,4-7,10-12,15H2,1-3H3,(H,22,27). The lowest BCUT2D eigenvalue weighted by Crippen LogP contribution is -2.39. The number of urea groups is 1. The van der Waals surface area contributed by atoms with Gasteiger partial charge >= 0.3 is 6.03 Å². The first-order chi connectivity index (χ1) is 13.5. The Bertz CT molecular complexity index is 599. The van der Waals surface area contributed by atoms with Gasteiger partial charge in [0.1, 0.15) is 6.29 Å². The number of hydrazine groups is 1. The monoisotopic (exact) mass is 396 g/mol. The van der Waals surface area contributed by atoms with Gasteiger partial charge in [-0.15, -0.1) is 0 Å². The molecule has 0 bridgehead atoms. The topological polar surface area (TPSA) is 82.7 Å². The first-order valence-corrected chi connectivity index (χ1v) is 9.79. The first-order valence-electron chi connectivity index (χ1n) is 9.79.